The summed E-state index contributed by atoms with van der Waals surface area (Å²) < 4.78 is 10.7. The number of ether oxygens (including phenoxy) is 2. The number of hydrogen-bond donors (Lipinski definition) is 0. The lowest BCUT2D eigenvalue weighted by Gasteiger charge is -2.05. The average molecular weight is 361 g/mol. The lowest BCUT2D eigenvalue weighted by atomic mass is 10.1. The maximum Gasteiger partial charge on any atom is 0.189 e. The van der Waals surface area contributed by atoms with Crippen LogP contribution in [0.5, 0.6) is 11.5 Å². The van der Waals surface area contributed by atoms with Crippen LogP contribution in [0.1, 0.15) is 15.9 Å². The highest BCUT2D eigenvalue weighted by Gasteiger charge is 2.07. The Morgan fingerprint density at radius 2 is 1.86 bits per heavy atom. The summed E-state index contributed by atoms with van der Waals surface area (Å²) >= 11 is 3.31. The van der Waals surface area contributed by atoms with Crippen molar-refractivity contribution in [2.75, 3.05) is 19.0 Å². The summed E-state index contributed by atoms with van der Waals surface area (Å²) in [6.07, 6.45) is 3.33. The summed E-state index contributed by atoms with van der Waals surface area (Å²) in [6.45, 7) is 0.626. The molecule has 0 aromatic heterocycles. The Hall–Kier alpha value is -2.07. The van der Waals surface area contributed by atoms with Gasteiger partial charge in [0.2, 0.25) is 0 Å². The molecule has 3 nitrogen and oxygen atoms in total. The number of carbonyl (C=O) groups excluding carboxylic acids is 1. The molecule has 0 aliphatic heterocycles. The zero-order chi connectivity index (χ0) is 15.8. The molecule has 0 saturated heterocycles. The number of ketones is 1. The summed E-state index contributed by atoms with van der Waals surface area (Å²) in [5.41, 5.74) is 1.49. The van der Waals surface area contributed by atoms with E-state index < -0.39 is 0 Å². The molecule has 0 radical (unpaired) electrons. The summed E-state index contributed by atoms with van der Waals surface area (Å²) in [4.78, 5) is 12.2. The van der Waals surface area contributed by atoms with Gasteiger partial charge in [-0.2, -0.15) is 0 Å². The summed E-state index contributed by atoms with van der Waals surface area (Å²) in [5, 5.41) is 0.794. The van der Waals surface area contributed by atoms with E-state index in [4.69, 9.17) is 9.47 Å². The van der Waals surface area contributed by atoms with Gasteiger partial charge in [-0.05, 0) is 35.9 Å². The average Bonchev–Trinajstić information content (AvgIpc) is 2.58. The van der Waals surface area contributed by atoms with Gasteiger partial charge in [-0.25, -0.2) is 0 Å². The first-order chi connectivity index (χ1) is 10.7. The van der Waals surface area contributed by atoms with Crippen molar-refractivity contribution in [2.24, 2.45) is 0 Å². The Balaban J connectivity index is 2.06. The highest BCUT2D eigenvalue weighted by atomic mass is 79.9. The van der Waals surface area contributed by atoms with Gasteiger partial charge in [0.25, 0.3) is 0 Å². The van der Waals surface area contributed by atoms with Crippen molar-refractivity contribution in [1.29, 1.82) is 0 Å². The molecule has 0 aliphatic carbocycles. The van der Waals surface area contributed by atoms with Gasteiger partial charge >= 0.3 is 0 Å². The molecule has 0 unspecified atom stereocenters. The second kappa shape index (κ2) is 8.39. The minimum absolute atomic E-state index is 0.0861. The van der Waals surface area contributed by atoms with Crippen LogP contribution < -0.4 is 9.47 Å². The number of allylic oxidation sites excluding steroid dienone is 1. The molecule has 114 valence electrons. The third kappa shape index (κ3) is 4.46. The molecule has 4 heteroatoms. The molecule has 0 aliphatic rings. The van der Waals surface area contributed by atoms with Crippen molar-refractivity contribution in [3.05, 3.63) is 65.7 Å². The van der Waals surface area contributed by atoms with Gasteiger partial charge in [0.1, 0.15) is 11.5 Å². The summed E-state index contributed by atoms with van der Waals surface area (Å²) in [7, 11) is 1.56. The van der Waals surface area contributed by atoms with Gasteiger partial charge in [-0.1, -0.05) is 46.3 Å². The first kappa shape index (κ1) is 16.3. The highest BCUT2D eigenvalue weighted by Crippen LogP contribution is 2.19. The number of carbonyl (C=O) groups is 1. The molecule has 0 bridgehead atoms. The third-order valence-corrected chi connectivity index (χ3v) is 3.35. The lowest BCUT2D eigenvalue weighted by molar-refractivity contribution is 0.104. The van der Waals surface area contributed by atoms with Crippen molar-refractivity contribution in [1.82, 2.24) is 0 Å². The maximum absolute atomic E-state index is 12.2. The van der Waals surface area contributed by atoms with E-state index in [1.165, 1.54) is 0 Å². The largest absolute Gasteiger partial charge is 0.496 e. The van der Waals surface area contributed by atoms with E-state index in [1.807, 2.05) is 36.4 Å². The number of rotatable bonds is 7. The van der Waals surface area contributed by atoms with Crippen molar-refractivity contribution in [3.63, 3.8) is 0 Å². The van der Waals surface area contributed by atoms with Crippen LogP contribution in [0.3, 0.4) is 0 Å². The second-order valence-corrected chi connectivity index (χ2v) is 5.30. The van der Waals surface area contributed by atoms with E-state index in [0.29, 0.717) is 17.9 Å². The fourth-order valence-electron chi connectivity index (χ4n) is 1.94. The van der Waals surface area contributed by atoms with Gasteiger partial charge in [0, 0.05) is 5.33 Å². The van der Waals surface area contributed by atoms with Crippen LogP contribution in [-0.4, -0.2) is 24.8 Å². The molecule has 2 aromatic rings. The molecular formula is C18H17BrO3. The number of hydrogen-bond acceptors (Lipinski definition) is 3. The zero-order valence-electron chi connectivity index (χ0n) is 12.3. The maximum atomic E-state index is 12.2. The molecule has 0 spiro atoms. The Kier molecular flexibility index (Phi) is 6.22. The third-order valence-electron chi connectivity index (χ3n) is 3.03. The highest BCUT2D eigenvalue weighted by molar-refractivity contribution is 9.09. The predicted octanol–water partition coefficient (Wildman–Crippen LogP) is 4.37. The van der Waals surface area contributed by atoms with E-state index in [9.17, 15) is 4.79 Å². The fraction of sp³-hybridized carbons (Fsp3) is 0.167. The molecule has 0 saturated carbocycles. The van der Waals surface area contributed by atoms with Gasteiger partial charge in [-0.15, -0.1) is 0 Å². The predicted molar refractivity (Wildman–Crippen MR) is 92.1 cm³/mol. The van der Waals surface area contributed by atoms with Crippen LogP contribution in [0.25, 0.3) is 6.08 Å². The molecule has 0 heterocycles. The molecule has 0 amide bonds. The Morgan fingerprint density at radius 1 is 1.14 bits per heavy atom. The standard InChI is InChI=1S/C18H17BrO3/c1-21-18-5-3-2-4-16(18)17(20)11-8-14-6-9-15(10-7-14)22-13-12-19/h2-11H,12-13H2,1H3/b11-8+. The van der Waals surface area contributed by atoms with Crippen LogP contribution in [0, 0.1) is 0 Å². The van der Waals surface area contributed by atoms with Gasteiger partial charge in [0.05, 0.1) is 19.3 Å². The molecule has 0 fully saturated rings. The van der Waals surface area contributed by atoms with Gasteiger partial charge < -0.3 is 9.47 Å². The van der Waals surface area contributed by atoms with E-state index in [-0.39, 0.29) is 5.78 Å². The monoisotopic (exact) mass is 360 g/mol. The Labute approximate surface area is 138 Å². The number of para-hydroxylation sites is 1. The van der Waals surface area contributed by atoms with Crippen molar-refractivity contribution >= 4 is 27.8 Å². The Morgan fingerprint density at radius 3 is 2.55 bits per heavy atom. The first-order valence-corrected chi connectivity index (χ1v) is 8.01. The quantitative estimate of drug-likeness (QED) is 0.418. The lowest BCUT2D eigenvalue weighted by Crippen LogP contribution is -1.98. The van der Waals surface area contributed by atoms with Crippen molar-refractivity contribution in [3.8, 4) is 11.5 Å². The SMILES string of the molecule is COc1ccccc1C(=O)/C=C/c1ccc(OCCBr)cc1. The van der Waals surface area contributed by atoms with E-state index in [0.717, 1.165) is 16.6 Å². The molecule has 0 N–H and O–H groups in total. The molecule has 2 rings (SSSR count). The minimum atomic E-state index is -0.0861. The number of alkyl halides is 1. The van der Waals surface area contributed by atoms with E-state index >= 15 is 0 Å². The smallest absolute Gasteiger partial charge is 0.189 e. The first-order valence-electron chi connectivity index (χ1n) is 6.89. The molecule has 2 aromatic carbocycles. The fourth-order valence-corrected chi connectivity index (χ4v) is 2.10. The van der Waals surface area contributed by atoms with Crippen LogP contribution >= 0.6 is 15.9 Å². The van der Waals surface area contributed by atoms with Crippen LogP contribution in [0.2, 0.25) is 0 Å². The van der Waals surface area contributed by atoms with E-state index in [1.54, 1.807) is 31.4 Å². The van der Waals surface area contributed by atoms with Crippen LogP contribution in [0.15, 0.2) is 54.6 Å². The number of halogens is 1. The van der Waals surface area contributed by atoms with Crippen molar-refractivity contribution in [2.45, 2.75) is 0 Å². The van der Waals surface area contributed by atoms with Crippen LogP contribution in [-0.2, 0) is 0 Å². The number of methoxy groups -OCH3 is 1. The molecule has 22 heavy (non-hydrogen) atoms. The summed E-state index contributed by atoms with van der Waals surface area (Å²) in [5.74, 6) is 1.31. The normalized spacial score (nSPS) is 10.6. The van der Waals surface area contributed by atoms with Gasteiger partial charge in [0.15, 0.2) is 5.78 Å². The second-order valence-electron chi connectivity index (χ2n) is 4.50. The minimum Gasteiger partial charge on any atom is -0.496 e. The molecule has 0 atom stereocenters. The van der Waals surface area contributed by atoms with Crippen LogP contribution in [0.4, 0.5) is 0 Å². The van der Waals surface area contributed by atoms with E-state index in [2.05, 4.69) is 15.9 Å². The summed E-state index contributed by atoms with van der Waals surface area (Å²) in [6, 6.07) is 14.8. The Bertz CT molecular complexity index is 648. The molecular weight excluding hydrogens is 344 g/mol. The zero-order valence-corrected chi connectivity index (χ0v) is 13.9. The van der Waals surface area contributed by atoms with Gasteiger partial charge in [-0.3, -0.25) is 4.79 Å². The van der Waals surface area contributed by atoms with Crippen molar-refractivity contribution < 1.29 is 14.3 Å². The number of benzene rings is 2. The topological polar surface area (TPSA) is 35.5 Å².